The average Bonchev–Trinajstić information content (AvgIpc) is 2.59. The molecule has 0 saturated carbocycles. The highest BCUT2D eigenvalue weighted by Gasteiger charge is 2.30. The third-order valence-corrected chi connectivity index (χ3v) is 3.86. The van der Waals surface area contributed by atoms with Gasteiger partial charge in [0, 0.05) is 6.54 Å². The second-order valence-corrected chi connectivity index (χ2v) is 5.35. The van der Waals surface area contributed by atoms with E-state index >= 15 is 0 Å². The van der Waals surface area contributed by atoms with Crippen molar-refractivity contribution in [3.63, 3.8) is 0 Å². The van der Waals surface area contributed by atoms with E-state index in [1.54, 1.807) is 12.1 Å². The Bertz CT molecular complexity index is 554. The number of thiocarbonyl (C=S) groups is 1. The molecule has 0 unspecified atom stereocenters. The van der Waals surface area contributed by atoms with Crippen molar-refractivity contribution in [3.8, 4) is 11.5 Å². The second kappa shape index (κ2) is 4.99. The van der Waals surface area contributed by atoms with Gasteiger partial charge in [0.1, 0.15) is 4.32 Å². The number of nitrogens with zero attached hydrogens (tertiary/aromatic N) is 1. The summed E-state index contributed by atoms with van der Waals surface area (Å²) in [6.45, 7) is 2.41. The SMILES string of the molecule is CCN1C(=O)/C(=C\c2ccc(O)c(O)c2)SC1=S. The summed E-state index contributed by atoms with van der Waals surface area (Å²) in [6, 6.07) is 4.39. The Morgan fingerprint density at radius 2 is 2.11 bits per heavy atom. The summed E-state index contributed by atoms with van der Waals surface area (Å²) in [5.41, 5.74) is 0.641. The zero-order chi connectivity index (χ0) is 13.3. The lowest BCUT2D eigenvalue weighted by atomic mass is 10.2. The first kappa shape index (κ1) is 12.9. The van der Waals surface area contributed by atoms with Crippen molar-refractivity contribution in [2.75, 3.05) is 6.54 Å². The van der Waals surface area contributed by atoms with Crippen LogP contribution < -0.4 is 0 Å². The molecule has 1 aromatic rings. The van der Waals surface area contributed by atoms with Crippen LogP contribution in [0, 0.1) is 0 Å². The lowest BCUT2D eigenvalue weighted by molar-refractivity contribution is -0.121. The highest BCUT2D eigenvalue weighted by Crippen LogP contribution is 2.33. The Morgan fingerprint density at radius 1 is 1.39 bits per heavy atom. The Hall–Kier alpha value is -1.53. The Morgan fingerprint density at radius 3 is 2.67 bits per heavy atom. The van der Waals surface area contributed by atoms with Crippen LogP contribution in [-0.2, 0) is 4.79 Å². The first-order valence-electron chi connectivity index (χ1n) is 5.30. The third-order valence-electron chi connectivity index (χ3n) is 2.49. The molecule has 1 saturated heterocycles. The predicted octanol–water partition coefficient (Wildman–Crippen LogP) is 2.32. The summed E-state index contributed by atoms with van der Waals surface area (Å²) in [4.78, 5) is 14.0. The monoisotopic (exact) mass is 281 g/mol. The van der Waals surface area contributed by atoms with Crippen LogP contribution in [0.1, 0.15) is 12.5 Å². The third kappa shape index (κ3) is 2.34. The summed E-state index contributed by atoms with van der Waals surface area (Å²) in [5, 5.41) is 18.6. The van der Waals surface area contributed by atoms with Gasteiger partial charge in [-0.1, -0.05) is 30.0 Å². The molecule has 2 N–H and O–H groups in total. The normalized spacial score (nSPS) is 17.8. The average molecular weight is 281 g/mol. The minimum Gasteiger partial charge on any atom is -0.504 e. The molecule has 4 nitrogen and oxygen atoms in total. The fraction of sp³-hybridized carbons (Fsp3) is 0.167. The first-order valence-corrected chi connectivity index (χ1v) is 6.52. The number of rotatable bonds is 2. The number of hydrogen-bond donors (Lipinski definition) is 2. The number of amides is 1. The van der Waals surface area contributed by atoms with Crippen molar-refractivity contribution in [1.29, 1.82) is 0 Å². The number of hydrogen-bond acceptors (Lipinski definition) is 5. The molecule has 1 heterocycles. The van der Waals surface area contributed by atoms with Crippen LogP contribution in [0.25, 0.3) is 6.08 Å². The van der Waals surface area contributed by atoms with Crippen LogP contribution in [0.15, 0.2) is 23.1 Å². The number of aromatic hydroxyl groups is 2. The fourth-order valence-electron chi connectivity index (χ4n) is 1.55. The van der Waals surface area contributed by atoms with Crippen molar-refractivity contribution in [3.05, 3.63) is 28.7 Å². The van der Waals surface area contributed by atoms with Crippen molar-refractivity contribution in [2.45, 2.75) is 6.92 Å². The van der Waals surface area contributed by atoms with Gasteiger partial charge in [-0.15, -0.1) is 0 Å². The van der Waals surface area contributed by atoms with Crippen molar-refractivity contribution in [2.24, 2.45) is 0 Å². The molecule has 2 rings (SSSR count). The van der Waals surface area contributed by atoms with Crippen LogP contribution in [0.3, 0.4) is 0 Å². The lowest BCUT2D eigenvalue weighted by Gasteiger charge is -2.09. The van der Waals surface area contributed by atoms with Gasteiger partial charge in [-0.3, -0.25) is 9.69 Å². The van der Waals surface area contributed by atoms with E-state index in [1.165, 1.54) is 28.8 Å². The van der Waals surface area contributed by atoms with E-state index < -0.39 is 0 Å². The topological polar surface area (TPSA) is 60.8 Å². The molecule has 1 aliphatic rings. The predicted molar refractivity (Wildman–Crippen MR) is 75.3 cm³/mol. The summed E-state index contributed by atoms with van der Waals surface area (Å²) in [7, 11) is 0. The molecular weight excluding hydrogens is 270 g/mol. The highest BCUT2D eigenvalue weighted by atomic mass is 32.2. The quantitative estimate of drug-likeness (QED) is 0.495. The van der Waals surface area contributed by atoms with Crippen LogP contribution in [0.5, 0.6) is 11.5 Å². The van der Waals surface area contributed by atoms with Gasteiger partial charge in [0.15, 0.2) is 11.5 Å². The van der Waals surface area contributed by atoms with Gasteiger partial charge in [0.25, 0.3) is 5.91 Å². The van der Waals surface area contributed by atoms with Gasteiger partial charge in [-0.05, 0) is 30.7 Å². The van der Waals surface area contributed by atoms with E-state index in [1.807, 2.05) is 6.92 Å². The number of thioether (sulfide) groups is 1. The van der Waals surface area contributed by atoms with E-state index in [-0.39, 0.29) is 17.4 Å². The highest BCUT2D eigenvalue weighted by molar-refractivity contribution is 8.26. The minimum atomic E-state index is -0.213. The minimum absolute atomic E-state index is 0.125. The molecule has 94 valence electrons. The van der Waals surface area contributed by atoms with Crippen LogP contribution in [-0.4, -0.2) is 31.9 Å². The van der Waals surface area contributed by atoms with Gasteiger partial charge in [-0.25, -0.2) is 0 Å². The van der Waals surface area contributed by atoms with Crippen LogP contribution in [0.2, 0.25) is 0 Å². The number of carbonyl (C=O) groups is 1. The van der Waals surface area contributed by atoms with E-state index in [0.29, 0.717) is 21.3 Å². The molecule has 6 heteroatoms. The zero-order valence-electron chi connectivity index (χ0n) is 9.58. The second-order valence-electron chi connectivity index (χ2n) is 3.67. The standard InChI is InChI=1S/C12H11NO3S2/c1-2-13-11(16)10(18-12(13)17)6-7-3-4-8(14)9(15)5-7/h3-6,14-15H,2H2,1H3/b10-6+. The Labute approximate surface area is 114 Å². The van der Waals surface area contributed by atoms with Crippen molar-refractivity contribution in [1.82, 2.24) is 4.90 Å². The summed E-state index contributed by atoms with van der Waals surface area (Å²) < 4.78 is 0.539. The molecule has 0 radical (unpaired) electrons. The summed E-state index contributed by atoms with van der Waals surface area (Å²) in [5.74, 6) is -0.525. The molecule has 1 fully saturated rings. The number of benzene rings is 1. The number of likely N-dealkylation sites (N-methyl/N-ethyl adjacent to an activating group) is 1. The van der Waals surface area contributed by atoms with Gasteiger partial charge in [0.2, 0.25) is 0 Å². The molecular formula is C12H11NO3S2. The maximum Gasteiger partial charge on any atom is 0.266 e. The summed E-state index contributed by atoms with van der Waals surface area (Å²) in [6.07, 6.45) is 1.65. The molecule has 0 bridgehead atoms. The number of carbonyl (C=O) groups excluding carboxylic acids is 1. The van der Waals surface area contributed by atoms with E-state index in [4.69, 9.17) is 12.2 Å². The molecule has 0 atom stereocenters. The van der Waals surface area contributed by atoms with Crippen molar-refractivity contribution < 1.29 is 15.0 Å². The molecule has 1 amide bonds. The van der Waals surface area contributed by atoms with Crippen LogP contribution >= 0.6 is 24.0 Å². The molecule has 18 heavy (non-hydrogen) atoms. The fourth-order valence-corrected chi connectivity index (χ4v) is 2.94. The Kier molecular flexibility index (Phi) is 3.58. The van der Waals surface area contributed by atoms with Crippen LogP contribution in [0.4, 0.5) is 0 Å². The zero-order valence-corrected chi connectivity index (χ0v) is 11.2. The smallest absolute Gasteiger partial charge is 0.266 e. The largest absolute Gasteiger partial charge is 0.504 e. The van der Waals surface area contributed by atoms with Gasteiger partial charge in [0.05, 0.1) is 4.91 Å². The number of phenolic OH excluding ortho intramolecular Hbond substituents is 2. The van der Waals surface area contributed by atoms with Gasteiger partial charge < -0.3 is 10.2 Å². The number of phenols is 2. The van der Waals surface area contributed by atoms with E-state index in [0.717, 1.165) is 0 Å². The first-order chi connectivity index (χ1) is 8.52. The molecule has 0 aromatic heterocycles. The molecule has 0 spiro atoms. The lowest BCUT2D eigenvalue weighted by Crippen LogP contribution is -2.27. The van der Waals surface area contributed by atoms with E-state index in [2.05, 4.69) is 0 Å². The molecule has 0 aliphatic carbocycles. The van der Waals surface area contributed by atoms with Gasteiger partial charge in [-0.2, -0.15) is 0 Å². The van der Waals surface area contributed by atoms with Gasteiger partial charge >= 0.3 is 0 Å². The molecule has 1 aliphatic heterocycles. The maximum atomic E-state index is 11.9. The van der Waals surface area contributed by atoms with Crippen molar-refractivity contribution >= 4 is 40.3 Å². The Balaban J connectivity index is 2.32. The maximum absolute atomic E-state index is 11.9. The van der Waals surface area contributed by atoms with E-state index in [9.17, 15) is 15.0 Å². The summed E-state index contributed by atoms with van der Waals surface area (Å²) >= 11 is 6.33. The molecule has 1 aromatic carbocycles.